The highest BCUT2D eigenvalue weighted by atomic mass is 14.4. The summed E-state index contributed by atoms with van der Waals surface area (Å²) >= 11 is 0. The van der Waals surface area contributed by atoms with Gasteiger partial charge in [0, 0.05) is 0 Å². The summed E-state index contributed by atoms with van der Waals surface area (Å²) in [6, 6.07) is 2.48. The van der Waals surface area contributed by atoms with Gasteiger partial charge in [-0.2, -0.15) is 5.26 Å². The van der Waals surface area contributed by atoms with E-state index in [1.807, 2.05) is 25.2 Å². The molecule has 1 saturated carbocycles. The van der Waals surface area contributed by atoms with Crippen molar-refractivity contribution in [3.63, 3.8) is 0 Å². The Morgan fingerprint density at radius 1 is 1.43 bits per heavy atom. The molecule has 0 aliphatic heterocycles. The van der Waals surface area contributed by atoms with Crippen molar-refractivity contribution >= 4 is 0 Å². The standard InChI is InChI=1S/C13H17N/c1-3-7-12(8-4-2)13(11-14)9-5-6-10-13/h3-4,7-8H,1,5-6,9-10H2,2H3/b8-4-,12-7+. The molecule has 1 rings (SSSR count). The smallest absolute Gasteiger partial charge is 0.0822 e. The van der Waals surface area contributed by atoms with Gasteiger partial charge in [-0.05, 0) is 25.3 Å². The minimum Gasteiger partial charge on any atom is -0.197 e. The molecular weight excluding hydrogens is 170 g/mol. The SMILES string of the molecule is C=C/C=C(\C=C/C)C1(C#N)CCCC1. The van der Waals surface area contributed by atoms with Crippen molar-refractivity contribution in [2.45, 2.75) is 32.6 Å². The number of nitriles is 1. The van der Waals surface area contributed by atoms with E-state index < -0.39 is 0 Å². The van der Waals surface area contributed by atoms with Crippen LogP contribution < -0.4 is 0 Å². The second-order valence-electron chi connectivity index (χ2n) is 3.76. The first-order valence-electron chi connectivity index (χ1n) is 5.16. The maximum absolute atomic E-state index is 9.28. The van der Waals surface area contributed by atoms with E-state index in [0.717, 1.165) is 18.4 Å². The highest BCUT2D eigenvalue weighted by Gasteiger charge is 2.36. The largest absolute Gasteiger partial charge is 0.197 e. The van der Waals surface area contributed by atoms with E-state index in [2.05, 4.69) is 12.6 Å². The van der Waals surface area contributed by atoms with Gasteiger partial charge in [0.2, 0.25) is 0 Å². The van der Waals surface area contributed by atoms with Crippen molar-refractivity contribution in [1.82, 2.24) is 0 Å². The zero-order valence-corrected chi connectivity index (χ0v) is 8.79. The van der Waals surface area contributed by atoms with Crippen LogP contribution in [0.25, 0.3) is 0 Å². The van der Waals surface area contributed by atoms with Gasteiger partial charge in [-0.3, -0.25) is 0 Å². The monoisotopic (exact) mass is 187 g/mol. The molecule has 1 aliphatic carbocycles. The minimum atomic E-state index is -0.235. The number of hydrogen-bond acceptors (Lipinski definition) is 1. The molecule has 0 aromatic heterocycles. The second kappa shape index (κ2) is 4.81. The fraction of sp³-hybridized carbons (Fsp3) is 0.462. The summed E-state index contributed by atoms with van der Waals surface area (Å²) in [7, 11) is 0. The van der Waals surface area contributed by atoms with Crippen molar-refractivity contribution in [2.24, 2.45) is 5.41 Å². The van der Waals surface area contributed by atoms with Crippen molar-refractivity contribution in [3.05, 3.63) is 36.5 Å². The van der Waals surface area contributed by atoms with Gasteiger partial charge in [-0.15, -0.1) is 0 Å². The van der Waals surface area contributed by atoms with Crippen LogP contribution in [0.15, 0.2) is 36.5 Å². The quantitative estimate of drug-likeness (QED) is 0.617. The zero-order valence-electron chi connectivity index (χ0n) is 8.79. The predicted octanol–water partition coefficient (Wildman–Crippen LogP) is 3.76. The number of nitrogens with zero attached hydrogens (tertiary/aromatic N) is 1. The molecule has 1 nitrogen and oxygen atoms in total. The molecule has 0 spiro atoms. The average Bonchev–Trinajstić information content (AvgIpc) is 2.67. The second-order valence-corrected chi connectivity index (χ2v) is 3.76. The first-order valence-corrected chi connectivity index (χ1v) is 5.16. The van der Waals surface area contributed by atoms with Crippen LogP contribution in [0.5, 0.6) is 0 Å². The molecule has 14 heavy (non-hydrogen) atoms. The highest BCUT2D eigenvalue weighted by Crippen LogP contribution is 2.44. The van der Waals surface area contributed by atoms with Crippen molar-refractivity contribution in [1.29, 1.82) is 5.26 Å². The Morgan fingerprint density at radius 2 is 2.07 bits per heavy atom. The third kappa shape index (κ3) is 1.96. The Labute approximate surface area is 86.4 Å². The van der Waals surface area contributed by atoms with Gasteiger partial charge in [-0.1, -0.05) is 43.7 Å². The molecule has 0 saturated heterocycles. The maximum Gasteiger partial charge on any atom is 0.0822 e. The molecule has 0 radical (unpaired) electrons. The van der Waals surface area contributed by atoms with Crippen LogP contribution >= 0.6 is 0 Å². The fourth-order valence-corrected chi connectivity index (χ4v) is 2.12. The van der Waals surface area contributed by atoms with E-state index in [0.29, 0.717) is 0 Å². The van der Waals surface area contributed by atoms with E-state index in [1.165, 1.54) is 12.8 Å². The lowest BCUT2D eigenvalue weighted by molar-refractivity contribution is 0.506. The number of rotatable bonds is 3. The number of allylic oxidation sites excluding steroid dienone is 5. The van der Waals surface area contributed by atoms with Gasteiger partial charge >= 0.3 is 0 Å². The predicted molar refractivity (Wildman–Crippen MR) is 59.6 cm³/mol. The molecule has 0 N–H and O–H groups in total. The van der Waals surface area contributed by atoms with E-state index >= 15 is 0 Å². The van der Waals surface area contributed by atoms with Gasteiger partial charge in [0.25, 0.3) is 0 Å². The van der Waals surface area contributed by atoms with Crippen LogP contribution in [0.3, 0.4) is 0 Å². The molecule has 1 heteroatoms. The van der Waals surface area contributed by atoms with Crippen LogP contribution in [-0.2, 0) is 0 Å². The molecule has 0 aromatic carbocycles. The van der Waals surface area contributed by atoms with Gasteiger partial charge in [0.05, 0.1) is 11.5 Å². The first kappa shape index (κ1) is 10.8. The Hall–Kier alpha value is -1.29. The van der Waals surface area contributed by atoms with Crippen LogP contribution in [0.4, 0.5) is 0 Å². The van der Waals surface area contributed by atoms with Gasteiger partial charge in [0.15, 0.2) is 0 Å². The lowest BCUT2D eigenvalue weighted by atomic mass is 9.79. The molecular formula is C13H17N. The lowest BCUT2D eigenvalue weighted by Crippen LogP contribution is -2.15. The number of hydrogen-bond donors (Lipinski definition) is 0. The topological polar surface area (TPSA) is 23.8 Å². The Balaban J connectivity index is 3.02. The zero-order chi connectivity index (χ0) is 10.4. The molecule has 0 unspecified atom stereocenters. The van der Waals surface area contributed by atoms with Crippen molar-refractivity contribution in [2.75, 3.05) is 0 Å². The molecule has 0 atom stereocenters. The lowest BCUT2D eigenvalue weighted by Gasteiger charge is -2.21. The first-order chi connectivity index (χ1) is 6.79. The minimum absolute atomic E-state index is 0.235. The van der Waals surface area contributed by atoms with Crippen LogP contribution in [-0.4, -0.2) is 0 Å². The summed E-state index contributed by atoms with van der Waals surface area (Å²) in [5.41, 5.74) is 0.885. The molecule has 1 fully saturated rings. The van der Waals surface area contributed by atoms with E-state index in [1.54, 1.807) is 6.08 Å². The third-order valence-corrected chi connectivity index (χ3v) is 2.87. The molecule has 1 aliphatic rings. The summed E-state index contributed by atoms with van der Waals surface area (Å²) in [4.78, 5) is 0. The Morgan fingerprint density at radius 3 is 2.50 bits per heavy atom. The Bertz CT molecular complexity index is 296. The molecule has 74 valence electrons. The summed E-state index contributed by atoms with van der Waals surface area (Å²) in [6.07, 6.45) is 12.1. The average molecular weight is 187 g/mol. The molecule has 0 heterocycles. The normalized spacial score (nSPS) is 21.0. The summed E-state index contributed by atoms with van der Waals surface area (Å²) in [5.74, 6) is 0. The van der Waals surface area contributed by atoms with Gasteiger partial charge in [0.1, 0.15) is 0 Å². The Kier molecular flexibility index (Phi) is 3.71. The summed E-state index contributed by atoms with van der Waals surface area (Å²) in [6.45, 7) is 5.68. The van der Waals surface area contributed by atoms with E-state index in [9.17, 15) is 5.26 Å². The van der Waals surface area contributed by atoms with Gasteiger partial charge in [-0.25, -0.2) is 0 Å². The fourth-order valence-electron chi connectivity index (χ4n) is 2.12. The van der Waals surface area contributed by atoms with Crippen LogP contribution in [0.1, 0.15) is 32.6 Å². The summed E-state index contributed by atoms with van der Waals surface area (Å²) < 4.78 is 0. The van der Waals surface area contributed by atoms with E-state index in [4.69, 9.17) is 0 Å². The maximum atomic E-state index is 9.28. The third-order valence-electron chi connectivity index (χ3n) is 2.87. The van der Waals surface area contributed by atoms with Crippen molar-refractivity contribution < 1.29 is 0 Å². The van der Waals surface area contributed by atoms with Crippen LogP contribution in [0, 0.1) is 16.7 Å². The highest BCUT2D eigenvalue weighted by molar-refractivity contribution is 5.36. The van der Waals surface area contributed by atoms with Crippen molar-refractivity contribution in [3.8, 4) is 6.07 Å². The molecule has 0 amide bonds. The van der Waals surface area contributed by atoms with Gasteiger partial charge < -0.3 is 0 Å². The molecule has 0 aromatic rings. The molecule has 0 bridgehead atoms. The summed E-state index contributed by atoms with van der Waals surface area (Å²) in [5, 5.41) is 9.28. The van der Waals surface area contributed by atoms with Crippen LogP contribution in [0.2, 0.25) is 0 Å². The van der Waals surface area contributed by atoms with E-state index in [-0.39, 0.29) is 5.41 Å².